The Kier molecular flexibility index (Phi) is 7.88. The van der Waals surface area contributed by atoms with Crippen molar-refractivity contribution in [2.75, 3.05) is 25.0 Å². The second-order valence-corrected chi connectivity index (χ2v) is 10.6. The SMILES string of the molecule is CCN(CC)S(=O)(=O)c1cccc(C(=O)OCC(=O)Nc2sc3c(c2C(N)=O)CCCC3)c1. The second-order valence-electron chi connectivity index (χ2n) is 7.52. The van der Waals surface area contributed by atoms with E-state index in [1.165, 1.54) is 39.9 Å². The molecule has 0 bridgehead atoms. The molecule has 1 heterocycles. The van der Waals surface area contributed by atoms with E-state index in [1.54, 1.807) is 13.8 Å². The Morgan fingerprint density at radius 1 is 1.15 bits per heavy atom. The van der Waals surface area contributed by atoms with E-state index in [0.717, 1.165) is 36.1 Å². The average molecular weight is 494 g/mol. The first-order valence-corrected chi connectivity index (χ1v) is 13.0. The largest absolute Gasteiger partial charge is 0.452 e. The molecule has 0 unspecified atom stereocenters. The molecule has 2 amide bonds. The highest BCUT2D eigenvalue weighted by Crippen LogP contribution is 2.37. The Labute approximate surface area is 197 Å². The van der Waals surface area contributed by atoms with Crippen molar-refractivity contribution in [2.24, 2.45) is 5.73 Å². The van der Waals surface area contributed by atoms with E-state index in [9.17, 15) is 22.8 Å². The van der Waals surface area contributed by atoms with Crippen molar-refractivity contribution in [3.8, 4) is 0 Å². The number of hydrogen-bond acceptors (Lipinski definition) is 7. The van der Waals surface area contributed by atoms with Crippen LogP contribution in [0.1, 0.15) is 57.8 Å². The molecule has 3 N–H and O–H groups in total. The van der Waals surface area contributed by atoms with Crippen LogP contribution in [-0.4, -0.2) is 50.2 Å². The predicted octanol–water partition coefficient (Wildman–Crippen LogP) is 2.55. The van der Waals surface area contributed by atoms with E-state index < -0.39 is 34.4 Å². The number of sulfonamides is 1. The molecule has 1 aliphatic carbocycles. The van der Waals surface area contributed by atoms with Gasteiger partial charge in [0.05, 0.1) is 16.0 Å². The Morgan fingerprint density at radius 2 is 1.85 bits per heavy atom. The van der Waals surface area contributed by atoms with E-state index in [1.807, 2.05) is 0 Å². The van der Waals surface area contributed by atoms with Crippen molar-refractivity contribution in [1.29, 1.82) is 0 Å². The maximum atomic E-state index is 12.7. The monoisotopic (exact) mass is 493 g/mol. The zero-order chi connectivity index (χ0) is 24.2. The summed E-state index contributed by atoms with van der Waals surface area (Å²) >= 11 is 1.32. The number of amides is 2. The van der Waals surface area contributed by atoms with Crippen LogP contribution in [-0.2, 0) is 32.4 Å². The van der Waals surface area contributed by atoms with Crippen LogP contribution >= 0.6 is 11.3 Å². The number of primary amides is 1. The molecule has 0 radical (unpaired) electrons. The number of ether oxygens (including phenoxy) is 1. The van der Waals surface area contributed by atoms with Gasteiger partial charge in [-0.2, -0.15) is 4.31 Å². The van der Waals surface area contributed by atoms with Gasteiger partial charge in [-0.05, 0) is 49.4 Å². The molecule has 1 aromatic heterocycles. The lowest BCUT2D eigenvalue weighted by atomic mass is 9.95. The van der Waals surface area contributed by atoms with Crippen LogP contribution in [0.25, 0.3) is 0 Å². The highest BCUT2D eigenvalue weighted by atomic mass is 32.2. The fourth-order valence-electron chi connectivity index (χ4n) is 3.79. The molecular weight excluding hydrogens is 466 g/mol. The lowest BCUT2D eigenvalue weighted by Crippen LogP contribution is -2.30. The Balaban J connectivity index is 1.68. The van der Waals surface area contributed by atoms with Gasteiger partial charge >= 0.3 is 5.97 Å². The molecule has 0 aliphatic heterocycles. The van der Waals surface area contributed by atoms with Crippen LogP contribution in [0.2, 0.25) is 0 Å². The number of benzene rings is 1. The average Bonchev–Trinajstić information content (AvgIpc) is 3.16. The molecule has 1 aromatic carbocycles. The zero-order valence-electron chi connectivity index (χ0n) is 18.5. The van der Waals surface area contributed by atoms with Crippen LogP contribution in [0.4, 0.5) is 5.00 Å². The molecule has 0 spiro atoms. The third-order valence-corrected chi connectivity index (χ3v) is 8.67. The van der Waals surface area contributed by atoms with Crippen molar-refractivity contribution < 1.29 is 27.5 Å². The summed E-state index contributed by atoms with van der Waals surface area (Å²) in [5, 5.41) is 2.98. The molecule has 33 heavy (non-hydrogen) atoms. The van der Waals surface area contributed by atoms with Crippen LogP contribution in [0.3, 0.4) is 0 Å². The summed E-state index contributed by atoms with van der Waals surface area (Å²) < 4.78 is 31.7. The highest BCUT2D eigenvalue weighted by molar-refractivity contribution is 7.89. The Hall–Kier alpha value is -2.76. The molecule has 0 fully saturated rings. The minimum absolute atomic E-state index is 0.0143. The fourth-order valence-corrected chi connectivity index (χ4v) is 6.60. The third kappa shape index (κ3) is 5.43. The number of hydrogen-bond donors (Lipinski definition) is 2. The maximum Gasteiger partial charge on any atom is 0.338 e. The minimum Gasteiger partial charge on any atom is -0.452 e. The molecule has 0 atom stereocenters. The fraction of sp³-hybridized carbons (Fsp3) is 0.409. The molecule has 2 aromatic rings. The minimum atomic E-state index is -3.74. The zero-order valence-corrected chi connectivity index (χ0v) is 20.2. The van der Waals surface area contributed by atoms with E-state index in [-0.39, 0.29) is 10.5 Å². The highest BCUT2D eigenvalue weighted by Gasteiger charge is 2.26. The first kappa shape index (κ1) is 24.9. The standard InChI is InChI=1S/C22H27N3O6S2/c1-3-25(4-2)33(29,30)15-9-7-8-14(12-15)22(28)31-13-18(26)24-21-19(20(23)27)16-10-5-6-11-17(16)32-21/h7-9,12H,3-6,10-11,13H2,1-2H3,(H2,23,27)(H,24,26). The topological polar surface area (TPSA) is 136 Å². The molecule has 0 saturated carbocycles. The van der Waals surface area contributed by atoms with Crippen LogP contribution in [0.15, 0.2) is 29.2 Å². The van der Waals surface area contributed by atoms with Crippen molar-refractivity contribution in [3.63, 3.8) is 0 Å². The number of fused-ring (bicyclic) bond motifs is 1. The summed E-state index contributed by atoms with van der Waals surface area (Å²) in [4.78, 5) is 37.8. The summed E-state index contributed by atoms with van der Waals surface area (Å²) in [6.07, 6.45) is 3.54. The van der Waals surface area contributed by atoms with Gasteiger partial charge in [-0.25, -0.2) is 13.2 Å². The number of anilines is 1. The smallest absolute Gasteiger partial charge is 0.338 e. The van der Waals surface area contributed by atoms with Gasteiger partial charge in [0.2, 0.25) is 10.0 Å². The number of rotatable bonds is 9. The first-order chi connectivity index (χ1) is 15.7. The number of thiophene rings is 1. The van der Waals surface area contributed by atoms with Gasteiger partial charge in [0.25, 0.3) is 11.8 Å². The van der Waals surface area contributed by atoms with E-state index >= 15 is 0 Å². The summed E-state index contributed by atoms with van der Waals surface area (Å²) in [6, 6.07) is 5.50. The van der Waals surface area contributed by atoms with Crippen LogP contribution < -0.4 is 11.1 Å². The van der Waals surface area contributed by atoms with E-state index in [4.69, 9.17) is 10.5 Å². The summed E-state index contributed by atoms with van der Waals surface area (Å²) in [6.45, 7) is 3.46. The number of nitrogens with two attached hydrogens (primary N) is 1. The lowest BCUT2D eigenvalue weighted by molar-refractivity contribution is -0.119. The summed E-state index contributed by atoms with van der Waals surface area (Å²) in [5.41, 5.74) is 6.75. The molecule has 178 valence electrons. The van der Waals surface area contributed by atoms with Gasteiger partial charge in [-0.1, -0.05) is 19.9 Å². The normalized spacial score (nSPS) is 13.4. The van der Waals surface area contributed by atoms with Gasteiger partial charge in [0.15, 0.2) is 6.61 Å². The van der Waals surface area contributed by atoms with Crippen molar-refractivity contribution in [2.45, 2.75) is 44.4 Å². The molecular formula is C22H27N3O6S2. The molecule has 1 aliphatic rings. The molecule has 9 nitrogen and oxygen atoms in total. The van der Waals surface area contributed by atoms with Gasteiger partial charge in [0, 0.05) is 18.0 Å². The molecule has 0 saturated heterocycles. The predicted molar refractivity (Wildman–Crippen MR) is 125 cm³/mol. The number of nitrogens with zero attached hydrogens (tertiary/aromatic N) is 1. The van der Waals surface area contributed by atoms with Crippen LogP contribution in [0.5, 0.6) is 0 Å². The van der Waals surface area contributed by atoms with Crippen molar-refractivity contribution in [1.82, 2.24) is 4.31 Å². The number of aryl methyl sites for hydroxylation is 1. The summed E-state index contributed by atoms with van der Waals surface area (Å²) in [5.74, 6) is -2.05. The summed E-state index contributed by atoms with van der Waals surface area (Å²) in [7, 11) is -3.74. The first-order valence-electron chi connectivity index (χ1n) is 10.7. The lowest BCUT2D eigenvalue weighted by Gasteiger charge is -2.18. The third-order valence-electron chi connectivity index (χ3n) is 5.42. The van der Waals surface area contributed by atoms with Crippen LogP contribution in [0, 0.1) is 0 Å². The van der Waals surface area contributed by atoms with Gasteiger partial charge < -0.3 is 15.8 Å². The van der Waals surface area contributed by atoms with Gasteiger partial charge in [0.1, 0.15) is 5.00 Å². The Morgan fingerprint density at radius 3 is 2.52 bits per heavy atom. The Bertz CT molecular complexity index is 1170. The van der Waals surface area contributed by atoms with Gasteiger partial charge in [-0.15, -0.1) is 11.3 Å². The molecule has 3 rings (SSSR count). The van der Waals surface area contributed by atoms with Gasteiger partial charge in [-0.3, -0.25) is 9.59 Å². The molecule has 11 heteroatoms. The number of esters is 1. The van der Waals surface area contributed by atoms with Crippen molar-refractivity contribution in [3.05, 3.63) is 45.8 Å². The van der Waals surface area contributed by atoms with E-state index in [2.05, 4.69) is 5.32 Å². The quantitative estimate of drug-likeness (QED) is 0.515. The number of nitrogens with one attached hydrogen (secondary N) is 1. The maximum absolute atomic E-state index is 12.7. The number of carbonyl (C=O) groups excluding carboxylic acids is 3. The number of carbonyl (C=O) groups is 3. The second kappa shape index (κ2) is 10.4. The van der Waals surface area contributed by atoms with E-state index in [0.29, 0.717) is 23.7 Å². The van der Waals surface area contributed by atoms with Crippen molar-refractivity contribution >= 4 is 44.1 Å².